The molecule has 0 amide bonds. The van der Waals surface area contributed by atoms with Crippen molar-refractivity contribution in [3.8, 4) is 6.07 Å². The third kappa shape index (κ3) is 2.64. The van der Waals surface area contributed by atoms with Crippen LogP contribution >= 0.6 is 0 Å². The van der Waals surface area contributed by atoms with Crippen LogP contribution in [0.15, 0.2) is 24.3 Å². The standard InChI is InChI=1S/C11H8FNO2/c1-15-11(14)10-7-9(12)5-4-8(10)3-2-6-13/h2-5,7H,1H3/b3-2+. The van der Waals surface area contributed by atoms with Gasteiger partial charge in [0, 0.05) is 6.08 Å². The predicted molar refractivity (Wildman–Crippen MR) is 52.4 cm³/mol. The van der Waals surface area contributed by atoms with Gasteiger partial charge in [-0.1, -0.05) is 6.07 Å². The van der Waals surface area contributed by atoms with E-state index in [9.17, 15) is 9.18 Å². The van der Waals surface area contributed by atoms with Crippen molar-refractivity contribution in [2.24, 2.45) is 0 Å². The van der Waals surface area contributed by atoms with E-state index in [2.05, 4.69) is 4.74 Å². The third-order valence-corrected chi connectivity index (χ3v) is 1.76. The Balaban J connectivity index is 3.21. The van der Waals surface area contributed by atoms with Crippen LogP contribution < -0.4 is 0 Å². The molecule has 0 heterocycles. The number of carbonyl (C=O) groups excluding carboxylic acids is 1. The first kappa shape index (κ1) is 10.9. The number of rotatable bonds is 2. The molecule has 0 aliphatic carbocycles. The zero-order valence-corrected chi connectivity index (χ0v) is 8.03. The van der Waals surface area contributed by atoms with Crippen LogP contribution in [0.4, 0.5) is 4.39 Å². The molecule has 76 valence electrons. The molecule has 4 heteroatoms. The minimum absolute atomic E-state index is 0.101. The van der Waals surface area contributed by atoms with Crippen LogP contribution in [0, 0.1) is 17.1 Å². The highest BCUT2D eigenvalue weighted by atomic mass is 19.1. The normalized spacial score (nSPS) is 9.93. The van der Waals surface area contributed by atoms with Gasteiger partial charge in [0.2, 0.25) is 0 Å². The summed E-state index contributed by atoms with van der Waals surface area (Å²) in [5, 5.41) is 8.34. The fraction of sp³-hybridized carbons (Fsp3) is 0.0909. The average Bonchev–Trinajstić information content (AvgIpc) is 2.26. The Morgan fingerprint density at radius 3 is 2.93 bits per heavy atom. The van der Waals surface area contributed by atoms with Crippen LogP contribution in [0.3, 0.4) is 0 Å². The maximum atomic E-state index is 12.9. The van der Waals surface area contributed by atoms with Crippen LogP contribution in [0.1, 0.15) is 15.9 Å². The zero-order chi connectivity index (χ0) is 11.3. The summed E-state index contributed by atoms with van der Waals surface area (Å²) in [6.45, 7) is 0. The van der Waals surface area contributed by atoms with Crippen molar-refractivity contribution in [3.05, 3.63) is 41.2 Å². The van der Waals surface area contributed by atoms with E-state index in [1.54, 1.807) is 6.07 Å². The minimum Gasteiger partial charge on any atom is -0.465 e. The minimum atomic E-state index is -0.632. The maximum Gasteiger partial charge on any atom is 0.338 e. The quantitative estimate of drug-likeness (QED) is 0.549. The summed E-state index contributed by atoms with van der Waals surface area (Å²) < 4.78 is 17.4. The number of carbonyl (C=O) groups is 1. The van der Waals surface area contributed by atoms with E-state index in [0.29, 0.717) is 5.56 Å². The van der Waals surface area contributed by atoms with E-state index in [1.807, 2.05) is 0 Å². The van der Waals surface area contributed by atoms with E-state index < -0.39 is 11.8 Å². The van der Waals surface area contributed by atoms with Crippen LogP contribution in [0.2, 0.25) is 0 Å². The number of benzene rings is 1. The average molecular weight is 205 g/mol. The first-order valence-electron chi connectivity index (χ1n) is 4.13. The molecular formula is C11H8FNO2. The predicted octanol–water partition coefficient (Wildman–Crippen LogP) is 2.15. The van der Waals surface area contributed by atoms with Gasteiger partial charge in [-0.05, 0) is 23.8 Å². The van der Waals surface area contributed by atoms with Gasteiger partial charge < -0.3 is 4.74 Å². The lowest BCUT2D eigenvalue weighted by Crippen LogP contribution is -2.04. The number of esters is 1. The molecule has 0 saturated carbocycles. The Bertz CT molecular complexity index is 446. The molecular weight excluding hydrogens is 197 g/mol. The maximum absolute atomic E-state index is 12.9. The van der Waals surface area contributed by atoms with E-state index in [4.69, 9.17) is 5.26 Å². The fourth-order valence-electron chi connectivity index (χ4n) is 1.09. The number of allylic oxidation sites excluding steroid dienone is 1. The lowest BCUT2D eigenvalue weighted by Gasteiger charge is -2.03. The molecule has 0 bridgehead atoms. The van der Waals surface area contributed by atoms with Gasteiger partial charge in [0.15, 0.2) is 0 Å². The highest BCUT2D eigenvalue weighted by Gasteiger charge is 2.10. The van der Waals surface area contributed by atoms with Gasteiger partial charge in [-0.15, -0.1) is 0 Å². The highest BCUT2D eigenvalue weighted by molar-refractivity contribution is 5.93. The second kappa shape index (κ2) is 4.91. The summed E-state index contributed by atoms with van der Waals surface area (Å²) in [4.78, 5) is 11.2. The van der Waals surface area contributed by atoms with Gasteiger partial charge in [0.25, 0.3) is 0 Å². The first-order chi connectivity index (χ1) is 7.19. The first-order valence-corrected chi connectivity index (χ1v) is 4.13. The van der Waals surface area contributed by atoms with Crippen molar-refractivity contribution in [3.63, 3.8) is 0 Å². The van der Waals surface area contributed by atoms with E-state index in [0.717, 1.165) is 6.07 Å². The topological polar surface area (TPSA) is 50.1 Å². The molecule has 0 atom stereocenters. The van der Waals surface area contributed by atoms with Crippen molar-refractivity contribution in [2.75, 3.05) is 7.11 Å². The Labute approximate surface area is 86.4 Å². The van der Waals surface area contributed by atoms with E-state index in [1.165, 1.54) is 31.4 Å². The second-order valence-electron chi connectivity index (χ2n) is 2.69. The Morgan fingerprint density at radius 1 is 1.60 bits per heavy atom. The molecule has 0 aromatic heterocycles. The van der Waals surface area contributed by atoms with Crippen LogP contribution in [0.5, 0.6) is 0 Å². The molecule has 1 rings (SSSR count). The number of hydrogen-bond acceptors (Lipinski definition) is 3. The summed E-state index contributed by atoms with van der Waals surface area (Å²) in [6, 6.07) is 5.48. The molecule has 1 aromatic carbocycles. The molecule has 0 fully saturated rings. The van der Waals surface area contributed by atoms with Gasteiger partial charge in [-0.3, -0.25) is 0 Å². The van der Waals surface area contributed by atoms with Gasteiger partial charge in [0.1, 0.15) is 5.82 Å². The summed E-state index contributed by atoms with van der Waals surface area (Å²) >= 11 is 0. The van der Waals surface area contributed by atoms with Gasteiger partial charge in [-0.25, -0.2) is 9.18 Å². The Hall–Kier alpha value is -2.15. The fourth-order valence-corrected chi connectivity index (χ4v) is 1.09. The molecule has 0 spiro atoms. The van der Waals surface area contributed by atoms with Crippen molar-refractivity contribution in [2.45, 2.75) is 0 Å². The van der Waals surface area contributed by atoms with Crippen LogP contribution in [-0.4, -0.2) is 13.1 Å². The summed E-state index contributed by atoms with van der Waals surface area (Å²) in [6.07, 6.45) is 2.63. The van der Waals surface area contributed by atoms with E-state index >= 15 is 0 Å². The molecule has 0 aliphatic heterocycles. The smallest absolute Gasteiger partial charge is 0.338 e. The van der Waals surface area contributed by atoms with Crippen molar-refractivity contribution >= 4 is 12.0 Å². The molecule has 1 aromatic rings. The van der Waals surface area contributed by atoms with Crippen molar-refractivity contribution < 1.29 is 13.9 Å². The van der Waals surface area contributed by atoms with Crippen molar-refractivity contribution in [1.29, 1.82) is 5.26 Å². The largest absolute Gasteiger partial charge is 0.465 e. The molecule has 0 saturated heterocycles. The Morgan fingerprint density at radius 2 is 2.33 bits per heavy atom. The number of ether oxygens (including phenoxy) is 1. The van der Waals surface area contributed by atoms with Gasteiger partial charge in [-0.2, -0.15) is 5.26 Å². The highest BCUT2D eigenvalue weighted by Crippen LogP contribution is 2.14. The number of methoxy groups -OCH3 is 1. The van der Waals surface area contributed by atoms with E-state index in [-0.39, 0.29) is 5.56 Å². The van der Waals surface area contributed by atoms with Crippen LogP contribution in [-0.2, 0) is 4.74 Å². The summed E-state index contributed by atoms with van der Waals surface area (Å²) in [7, 11) is 1.21. The molecule has 3 nitrogen and oxygen atoms in total. The van der Waals surface area contributed by atoms with Crippen molar-refractivity contribution in [1.82, 2.24) is 0 Å². The third-order valence-electron chi connectivity index (χ3n) is 1.76. The summed E-state index contributed by atoms with van der Waals surface area (Å²) in [5.74, 6) is -1.16. The molecule has 0 radical (unpaired) electrons. The lowest BCUT2D eigenvalue weighted by molar-refractivity contribution is 0.0600. The second-order valence-corrected chi connectivity index (χ2v) is 2.69. The zero-order valence-electron chi connectivity index (χ0n) is 8.03. The number of nitriles is 1. The molecule has 0 unspecified atom stereocenters. The lowest BCUT2D eigenvalue weighted by atomic mass is 10.1. The molecule has 15 heavy (non-hydrogen) atoms. The SMILES string of the molecule is COC(=O)c1cc(F)ccc1/C=C/C#N. The molecule has 0 N–H and O–H groups in total. The monoisotopic (exact) mass is 205 g/mol. The van der Waals surface area contributed by atoms with Gasteiger partial charge in [0.05, 0.1) is 18.7 Å². The van der Waals surface area contributed by atoms with Crippen LogP contribution in [0.25, 0.3) is 6.08 Å². The number of nitrogens with zero attached hydrogens (tertiary/aromatic N) is 1. The number of halogens is 1. The number of hydrogen-bond donors (Lipinski definition) is 0. The molecule has 0 aliphatic rings. The van der Waals surface area contributed by atoms with Gasteiger partial charge >= 0.3 is 5.97 Å². The summed E-state index contributed by atoms with van der Waals surface area (Å²) in [5.41, 5.74) is 0.550. The Kier molecular flexibility index (Phi) is 3.58.